The highest BCUT2D eigenvalue weighted by atomic mass is 32.1. The molecule has 4 heteroatoms. The van der Waals surface area contributed by atoms with Crippen molar-refractivity contribution in [2.24, 2.45) is 5.73 Å². The van der Waals surface area contributed by atoms with E-state index in [0.29, 0.717) is 18.5 Å². The minimum absolute atomic E-state index is 0.230. The molecule has 1 aromatic rings. The Kier molecular flexibility index (Phi) is 4.18. The molecule has 1 aliphatic carbocycles. The number of rotatable bonds is 3. The molecule has 0 atom stereocenters. The maximum atomic E-state index is 12.1. The molecule has 17 heavy (non-hydrogen) atoms. The third-order valence-electron chi connectivity index (χ3n) is 3.59. The molecule has 94 valence electrons. The molecule has 1 amide bonds. The quantitative estimate of drug-likeness (QED) is 0.894. The Morgan fingerprint density at radius 2 is 2.18 bits per heavy atom. The summed E-state index contributed by atoms with van der Waals surface area (Å²) in [6.45, 7) is 0. The van der Waals surface area contributed by atoms with Gasteiger partial charge in [-0.2, -0.15) is 0 Å². The minimum Gasteiger partial charge on any atom is -0.342 e. The van der Waals surface area contributed by atoms with Crippen molar-refractivity contribution in [3.05, 3.63) is 22.4 Å². The first-order valence-corrected chi connectivity index (χ1v) is 7.08. The van der Waals surface area contributed by atoms with E-state index in [4.69, 9.17) is 5.73 Å². The molecular formula is C13H20N2OS. The molecule has 0 aliphatic heterocycles. The average Bonchev–Trinajstić information content (AvgIpc) is 2.82. The van der Waals surface area contributed by atoms with Gasteiger partial charge in [0, 0.05) is 24.0 Å². The number of amides is 1. The zero-order chi connectivity index (χ0) is 12.3. The molecule has 1 saturated carbocycles. The summed E-state index contributed by atoms with van der Waals surface area (Å²) in [7, 11) is 1.93. The Hall–Kier alpha value is -0.870. The Morgan fingerprint density at radius 1 is 1.47 bits per heavy atom. The summed E-state index contributed by atoms with van der Waals surface area (Å²) in [5.74, 6) is 0.230. The fourth-order valence-corrected chi connectivity index (χ4v) is 3.08. The van der Waals surface area contributed by atoms with Crippen LogP contribution in [0.5, 0.6) is 0 Å². The van der Waals surface area contributed by atoms with Gasteiger partial charge in [0.15, 0.2) is 0 Å². The largest absolute Gasteiger partial charge is 0.342 e. The fourth-order valence-electron chi connectivity index (χ4n) is 2.38. The summed E-state index contributed by atoms with van der Waals surface area (Å²) in [5.41, 5.74) is 5.88. The van der Waals surface area contributed by atoms with Crippen molar-refractivity contribution in [2.45, 2.75) is 44.2 Å². The maximum absolute atomic E-state index is 12.1. The van der Waals surface area contributed by atoms with E-state index in [1.165, 1.54) is 0 Å². The molecule has 1 aliphatic rings. The van der Waals surface area contributed by atoms with Crippen LogP contribution in [-0.4, -0.2) is 29.9 Å². The molecule has 0 bridgehead atoms. The van der Waals surface area contributed by atoms with Crippen LogP contribution in [0.25, 0.3) is 0 Å². The van der Waals surface area contributed by atoms with Gasteiger partial charge in [0.25, 0.3) is 0 Å². The molecule has 2 N–H and O–H groups in total. The molecule has 0 saturated heterocycles. The van der Waals surface area contributed by atoms with Crippen LogP contribution in [0.2, 0.25) is 0 Å². The van der Waals surface area contributed by atoms with Gasteiger partial charge in [-0.3, -0.25) is 4.79 Å². The van der Waals surface area contributed by atoms with E-state index in [9.17, 15) is 4.79 Å². The van der Waals surface area contributed by atoms with Gasteiger partial charge in [-0.25, -0.2) is 0 Å². The summed E-state index contributed by atoms with van der Waals surface area (Å²) in [5, 5.41) is 2.02. The van der Waals surface area contributed by atoms with E-state index >= 15 is 0 Å². The van der Waals surface area contributed by atoms with Crippen molar-refractivity contribution in [3.63, 3.8) is 0 Å². The van der Waals surface area contributed by atoms with Crippen molar-refractivity contribution < 1.29 is 4.79 Å². The minimum atomic E-state index is 0.230. The number of hydrogen-bond acceptors (Lipinski definition) is 3. The lowest BCUT2D eigenvalue weighted by atomic mass is 9.91. The van der Waals surface area contributed by atoms with Crippen molar-refractivity contribution in [1.82, 2.24) is 4.90 Å². The van der Waals surface area contributed by atoms with E-state index < -0.39 is 0 Å². The summed E-state index contributed by atoms with van der Waals surface area (Å²) in [4.78, 5) is 15.2. The van der Waals surface area contributed by atoms with Crippen LogP contribution in [0.1, 0.15) is 30.6 Å². The van der Waals surface area contributed by atoms with Gasteiger partial charge in [-0.15, -0.1) is 11.3 Å². The highest BCUT2D eigenvalue weighted by molar-refractivity contribution is 7.10. The first-order valence-electron chi connectivity index (χ1n) is 6.20. The lowest BCUT2D eigenvalue weighted by Gasteiger charge is -2.33. The highest BCUT2D eigenvalue weighted by Gasteiger charge is 2.24. The number of likely N-dealkylation sites (N-methyl/N-ethyl adjacent to an activating group) is 1. The third-order valence-corrected chi connectivity index (χ3v) is 4.46. The predicted molar refractivity (Wildman–Crippen MR) is 71.0 cm³/mol. The van der Waals surface area contributed by atoms with Crippen LogP contribution < -0.4 is 5.73 Å². The molecule has 1 heterocycles. The van der Waals surface area contributed by atoms with Crippen LogP contribution in [0.3, 0.4) is 0 Å². The van der Waals surface area contributed by atoms with Gasteiger partial charge >= 0.3 is 0 Å². The number of nitrogens with two attached hydrogens (primary N) is 1. The number of carbonyl (C=O) groups is 1. The molecule has 0 spiro atoms. The Balaban J connectivity index is 1.86. The van der Waals surface area contributed by atoms with Gasteiger partial charge < -0.3 is 10.6 Å². The zero-order valence-electron chi connectivity index (χ0n) is 10.3. The van der Waals surface area contributed by atoms with Crippen LogP contribution in [0.15, 0.2) is 17.5 Å². The molecule has 3 nitrogen and oxygen atoms in total. The van der Waals surface area contributed by atoms with Gasteiger partial charge in [-0.05, 0) is 37.1 Å². The van der Waals surface area contributed by atoms with Gasteiger partial charge in [0.1, 0.15) is 0 Å². The van der Waals surface area contributed by atoms with Gasteiger partial charge in [0.05, 0.1) is 6.42 Å². The second-order valence-electron chi connectivity index (χ2n) is 4.83. The lowest BCUT2D eigenvalue weighted by molar-refractivity contribution is -0.131. The zero-order valence-corrected chi connectivity index (χ0v) is 11.1. The SMILES string of the molecule is CN(C(=O)Cc1cccs1)C1CCC(N)CC1. The third kappa shape index (κ3) is 3.30. The molecule has 0 unspecified atom stereocenters. The van der Waals surface area contributed by atoms with Crippen LogP contribution in [0, 0.1) is 0 Å². The van der Waals surface area contributed by atoms with E-state index in [0.717, 1.165) is 30.6 Å². The molecular weight excluding hydrogens is 232 g/mol. The number of carbonyl (C=O) groups excluding carboxylic acids is 1. The monoisotopic (exact) mass is 252 g/mol. The summed E-state index contributed by atoms with van der Waals surface area (Å²) in [6.07, 6.45) is 4.72. The smallest absolute Gasteiger partial charge is 0.227 e. The predicted octanol–water partition coefficient (Wildman–Crippen LogP) is 2.02. The van der Waals surface area contributed by atoms with Crippen LogP contribution >= 0.6 is 11.3 Å². The topological polar surface area (TPSA) is 46.3 Å². The lowest BCUT2D eigenvalue weighted by Crippen LogP contribution is -2.42. The van der Waals surface area contributed by atoms with Crippen molar-refractivity contribution >= 4 is 17.2 Å². The summed E-state index contributed by atoms with van der Waals surface area (Å²) in [6, 6.07) is 4.74. The average molecular weight is 252 g/mol. The summed E-state index contributed by atoms with van der Waals surface area (Å²) >= 11 is 1.65. The van der Waals surface area contributed by atoms with E-state index in [2.05, 4.69) is 0 Å². The number of nitrogens with zero attached hydrogens (tertiary/aromatic N) is 1. The Labute approximate surface area is 107 Å². The molecule has 1 aromatic heterocycles. The van der Waals surface area contributed by atoms with Crippen LogP contribution in [-0.2, 0) is 11.2 Å². The first kappa shape index (κ1) is 12.6. The molecule has 2 rings (SSSR count). The standard InChI is InChI=1S/C13H20N2OS/c1-15(11-6-4-10(14)5-7-11)13(16)9-12-3-2-8-17-12/h2-3,8,10-11H,4-7,9,14H2,1H3. The normalized spacial score (nSPS) is 24.6. The van der Waals surface area contributed by atoms with Gasteiger partial charge in [0.2, 0.25) is 5.91 Å². The number of hydrogen-bond donors (Lipinski definition) is 1. The maximum Gasteiger partial charge on any atom is 0.227 e. The van der Waals surface area contributed by atoms with Crippen molar-refractivity contribution in [1.29, 1.82) is 0 Å². The van der Waals surface area contributed by atoms with Gasteiger partial charge in [-0.1, -0.05) is 6.07 Å². The molecule has 0 aromatic carbocycles. The van der Waals surface area contributed by atoms with E-state index in [1.54, 1.807) is 11.3 Å². The van der Waals surface area contributed by atoms with Crippen molar-refractivity contribution in [2.75, 3.05) is 7.05 Å². The second-order valence-corrected chi connectivity index (χ2v) is 5.86. The Bertz CT molecular complexity index is 356. The van der Waals surface area contributed by atoms with Crippen LogP contribution in [0.4, 0.5) is 0 Å². The van der Waals surface area contributed by atoms with E-state index in [1.807, 2.05) is 29.5 Å². The summed E-state index contributed by atoms with van der Waals surface area (Å²) < 4.78 is 0. The molecule has 1 fully saturated rings. The first-order chi connectivity index (χ1) is 8.16. The number of thiophene rings is 1. The van der Waals surface area contributed by atoms with Crippen molar-refractivity contribution in [3.8, 4) is 0 Å². The highest BCUT2D eigenvalue weighted by Crippen LogP contribution is 2.22. The van der Waals surface area contributed by atoms with E-state index in [-0.39, 0.29) is 5.91 Å². The second kappa shape index (κ2) is 5.65. The Morgan fingerprint density at radius 3 is 2.76 bits per heavy atom. The molecule has 0 radical (unpaired) electrons. The fraction of sp³-hybridized carbons (Fsp3) is 0.615.